The highest BCUT2D eigenvalue weighted by Crippen LogP contribution is 2.67. The fourth-order valence-electron chi connectivity index (χ4n) is 7.98. The first-order valence-electron chi connectivity index (χ1n) is 12.4. The Morgan fingerprint density at radius 3 is 2.75 bits per heavy atom. The molecule has 1 aromatic rings. The predicted molar refractivity (Wildman–Crippen MR) is 121 cm³/mol. The fraction of sp³-hybridized carbons (Fsp3) is 0.704. The van der Waals surface area contributed by atoms with Crippen molar-refractivity contribution in [2.75, 3.05) is 6.79 Å². The number of rotatable bonds is 4. The topological polar surface area (TPSA) is 65.7 Å². The Morgan fingerprint density at radius 2 is 2.00 bits per heavy atom. The zero-order valence-corrected chi connectivity index (χ0v) is 19.6. The predicted octanol–water partition coefficient (Wildman–Crippen LogP) is 5.59. The summed E-state index contributed by atoms with van der Waals surface area (Å²) in [7, 11) is 0. The van der Waals surface area contributed by atoms with Crippen LogP contribution in [0, 0.1) is 28.6 Å². The van der Waals surface area contributed by atoms with Crippen LogP contribution in [0.3, 0.4) is 0 Å². The molecule has 0 aromatic carbocycles. The maximum atomic E-state index is 11.5. The minimum atomic E-state index is -0.280. The molecule has 0 spiro atoms. The van der Waals surface area contributed by atoms with Gasteiger partial charge in [-0.05, 0) is 97.5 Å². The summed E-state index contributed by atoms with van der Waals surface area (Å²) >= 11 is 0. The smallest absolute Gasteiger partial charge is 0.335 e. The summed E-state index contributed by atoms with van der Waals surface area (Å²) in [4.78, 5) is 22.5. The Kier molecular flexibility index (Phi) is 5.59. The zero-order chi connectivity index (χ0) is 22.5. The van der Waals surface area contributed by atoms with Crippen LogP contribution in [0.25, 0.3) is 0 Å². The number of carbonyl (C=O) groups is 1. The van der Waals surface area contributed by atoms with Gasteiger partial charge in [0.25, 0.3) is 0 Å². The fourth-order valence-corrected chi connectivity index (χ4v) is 7.98. The van der Waals surface area contributed by atoms with Crippen molar-refractivity contribution in [2.24, 2.45) is 28.6 Å². The summed E-state index contributed by atoms with van der Waals surface area (Å²) in [5, 5.41) is 0. The van der Waals surface area contributed by atoms with Crippen LogP contribution in [0.1, 0.15) is 83.6 Å². The Morgan fingerprint density at radius 1 is 1.16 bits per heavy atom. The van der Waals surface area contributed by atoms with Gasteiger partial charge in [-0.1, -0.05) is 25.5 Å². The van der Waals surface area contributed by atoms with Crippen molar-refractivity contribution in [1.29, 1.82) is 0 Å². The van der Waals surface area contributed by atoms with E-state index in [9.17, 15) is 9.59 Å². The van der Waals surface area contributed by atoms with E-state index in [1.54, 1.807) is 17.9 Å². The normalized spacial score (nSPS) is 40.6. The highest BCUT2D eigenvalue weighted by atomic mass is 16.7. The highest BCUT2D eigenvalue weighted by molar-refractivity contribution is 5.65. The van der Waals surface area contributed by atoms with Gasteiger partial charge in [-0.2, -0.15) is 0 Å². The standard InChI is InChI=1S/C27H36O5/c1-17(28)31-16-32-20-10-12-26(2)19(14-20)5-6-21-23-8-7-22(18-4-9-25(29)30-15-18)27(23,3)13-11-24(21)26/h4,8-9,15,19-22,24H,5-7,10-14,16H2,1-3H3/t19-,20+,21+,22-,24+,26+,27-/m1/s1. The van der Waals surface area contributed by atoms with Gasteiger partial charge in [0.15, 0.2) is 6.79 Å². The summed E-state index contributed by atoms with van der Waals surface area (Å²) in [6.45, 7) is 6.50. The first-order chi connectivity index (χ1) is 15.3. The maximum absolute atomic E-state index is 11.5. The summed E-state index contributed by atoms with van der Waals surface area (Å²) in [5.41, 5.74) is 3.12. The van der Waals surface area contributed by atoms with E-state index in [0.717, 1.165) is 25.2 Å². The van der Waals surface area contributed by atoms with Crippen LogP contribution in [0.4, 0.5) is 0 Å². The lowest BCUT2D eigenvalue weighted by Gasteiger charge is -2.59. The highest BCUT2D eigenvalue weighted by Gasteiger charge is 2.57. The molecule has 0 N–H and O–H groups in total. The number of ether oxygens (including phenoxy) is 2. The lowest BCUT2D eigenvalue weighted by atomic mass is 9.46. The van der Waals surface area contributed by atoms with Crippen molar-refractivity contribution in [1.82, 2.24) is 0 Å². The molecular weight excluding hydrogens is 404 g/mol. The van der Waals surface area contributed by atoms with Crippen LogP contribution < -0.4 is 5.63 Å². The number of carbonyl (C=O) groups excluding carboxylic acids is 1. The number of hydrogen-bond donors (Lipinski definition) is 0. The first kappa shape index (κ1) is 21.9. The zero-order valence-electron chi connectivity index (χ0n) is 19.6. The number of allylic oxidation sites excluding steroid dienone is 2. The molecule has 3 saturated carbocycles. The van der Waals surface area contributed by atoms with Gasteiger partial charge < -0.3 is 13.9 Å². The Hall–Kier alpha value is -1.88. The van der Waals surface area contributed by atoms with Crippen LogP contribution in [0.5, 0.6) is 0 Å². The molecule has 5 heteroatoms. The third-order valence-corrected chi connectivity index (χ3v) is 9.71. The minimum absolute atomic E-state index is 0.0850. The Labute approximate surface area is 190 Å². The Bertz CT molecular complexity index is 943. The van der Waals surface area contributed by atoms with Gasteiger partial charge in [-0.3, -0.25) is 4.79 Å². The van der Waals surface area contributed by atoms with E-state index in [0.29, 0.717) is 23.2 Å². The summed E-state index contributed by atoms with van der Waals surface area (Å²) in [6.07, 6.45) is 13.8. The summed E-state index contributed by atoms with van der Waals surface area (Å²) < 4.78 is 16.1. The monoisotopic (exact) mass is 440 g/mol. The Balaban J connectivity index is 1.30. The van der Waals surface area contributed by atoms with Crippen molar-refractivity contribution < 1.29 is 18.7 Å². The van der Waals surface area contributed by atoms with E-state index < -0.39 is 0 Å². The number of fused-ring (bicyclic) bond motifs is 5. The third kappa shape index (κ3) is 3.57. The van der Waals surface area contributed by atoms with Gasteiger partial charge in [0.2, 0.25) is 0 Å². The molecule has 0 unspecified atom stereocenters. The van der Waals surface area contributed by atoms with Crippen molar-refractivity contribution >= 4 is 5.97 Å². The summed E-state index contributed by atoms with van der Waals surface area (Å²) in [6, 6.07) is 3.54. The van der Waals surface area contributed by atoms with Gasteiger partial charge >= 0.3 is 11.6 Å². The molecule has 4 aliphatic carbocycles. The van der Waals surface area contributed by atoms with Gasteiger partial charge in [0.1, 0.15) is 0 Å². The number of hydrogen-bond acceptors (Lipinski definition) is 5. The van der Waals surface area contributed by atoms with E-state index >= 15 is 0 Å². The van der Waals surface area contributed by atoms with E-state index in [4.69, 9.17) is 13.9 Å². The van der Waals surface area contributed by atoms with Crippen molar-refractivity contribution in [3.8, 4) is 0 Å². The molecule has 4 aliphatic rings. The molecular formula is C27H36O5. The van der Waals surface area contributed by atoms with Crippen LogP contribution in [-0.4, -0.2) is 18.9 Å². The molecule has 0 aliphatic heterocycles. The lowest BCUT2D eigenvalue weighted by Crippen LogP contribution is -2.52. The number of esters is 1. The van der Waals surface area contributed by atoms with E-state index in [1.165, 1.54) is 44.6 Å². The van der Waals surface area contributed by atoms with Gasteiger partial charge in [-0.15, -0.1) is 0 Å². The lowest BCUT2D eigenvalue weighted by molar-refractivity contribution is -0.167. The van der Waals surface area contributed by atoms with E-state index in [-0.39, 0.29) is 29.9 Å². The summed E-state index contributed by atoms with van der Waals surface area (Å²) in [5.74, 6) is 2.23. The van der Waals surface area contributed by atoms with Crippen LogP contribution in [0.2, 0.25) is 0 Å². The largest absolute Gasteiger partial charge is 0.439 e. The minimum Gasteiger partial charge on any atom is -0.439 e. The molecule has 0 amide bonds. The SMILES string of the molecule is CC(=O)OCO[C@H]1CC[C@@]2(C)[C@H](CC[C@H]3C4=CC[C@H](c5ccc(=O)oc5)[C@@]4(C)CC[C@@H]32)C1. The molecule has 5 nitrogen and oxygen atoms in total. The van der Waals surface area contributed by atoms with E-state index in [2.05, 4.69) is 19.9 Å². The second kappa shape index (κ2) is 8.16. The third-order valence-electron chi connectivity index (χ3n) is 9.71. The van der Waals surface area contributed by atoms with Crippen molar-refractivity contribution in [3.63, 3.8) is 0 Å². The first-order valence-corrected chi connectivity index (χ1v) is 12.4. The quantitative estimate of drug-likeness (QED) is 0.347. The molecule has 174 valence electrons. The molecule has 5 rings (SSSR count). The molecule has 3 fully saturated rings. The van der Waals surface area contributed by atoms with Gasteiger partial charge in [0.05, 0.1) is 12.4 Å². The van der Waals surface area contributed by atoms with E-state index in [1.807, 2.05) is 6.07 Å². The van der Waals surface area contributed by atoms with Crippen LogP contribution >= 0.6 is 0 Å². The van der Waals surface area contributed by atoms with Crippen molar-refractivity contribution in [2.45, 2.75) is 84.2 Å². The average Bonchev–Trinajstić information content (AvgIpc) is 3.11. The van der Waals surface area contributed by atoms with Crippen molar-refractivity contribution in [3.05, 3.63) is 46.0 Å². The molecule has 1 heterocycles. The molecule has 1 aromatic heterocycles. The maximum Gasteiger partial charge on any atom is 0.335 e. The second-order valence-corrected chi connectivity index (χ2v) is 11.1. The molecule has 7 atom stereocenters. The molecule has 0 saturated heterocycles. The second-order valence-electron chi connectivity index (χ2n) is 11.1. The molecule has 0 radical (unpaired) electrons. The van der Waals surface area contributed by atoms with Gasteiger partial charge in [0, 0.05) is 13.0 Å². The van der Waals surface area contributed by atoms with Crippen LogP contribution in [0.15, 0.2) is 39.3 Å². The van der Waals surface area contributed by atoms with Gasteiger partial charge in [-0.25, -0.2) is 4.79 Å². The molecule has 32 heavy (non-hydrogen) atoms. The average molecular weight is 441 g/mol. The molecule has 0 bridgehead atoms. The van der Waals surface area contributed by atoms with Crippen LogP contribution in [-0.2, 0) is 14.3 Å².